The van der Waals surface area contributed by atoms with Crippen LogP contribution in [0, 0.1) is 11.7 Å². The van der Waals surface area contributed by atoms with Crippen LogP contribution in [-0.2, 0) is 4.79 Å². The zero-order valence-electron chi connectivity index (χ0n) is 9.94. The van der Waals surface area contributed by atoms with E-state index in [0.717, 1.165) is 6.20 Å². The van der Waals surface area contributed by atoms with E-state index in [1.165, 1.54) is 0 Å². The second-order valence-electron chi connectivity index (χ2n) is 4.09. The Balaban J connectivity index is 3.10. The van der Waals surface area contributed by atoms with Crippen molar-refractivity contribution in [3.63, 3.8) is 0 Å². The average molecular weight is 277 g/mol. The van der Waals surface area contributed by atoms with Crippen molar-refractivity contribution in [1.29, 1.82) is 0 Å². The minimum absolute atomic E-state index is 0.0806. The van der Waals surface area contributed by atoms with Crippen LogP contribution in [0.4, 0.5) is 10.3 Å². The van der Waals surface area contributed by atoms with Gasteiger partial charge >= 0.3 is 5.97 Å². The summed E-state index contributed by atoms with van der Waals surface area (Å²) in [5.74, 6) is -2.32. The van der Waals surface area contributed by atoms with Crippen LogP contribution < -0.4 is 11.1 Å². The molecule has 100 valence electrons. The highest BCUT2D eigenvalue weighted by atomic mass is 35.5. The number of aromatic nitrogens is 2. The van der Waals surface area contributed by atoms with Gasteiger partial charge in [-0.05, 0) is 5.92 Å². The molecule has 0 aliphatic heterocycles. The number of rotatable bonds is 5. The summed E-state index contributed by atoms with van der Waals surface area (Å²) in [6.07, 6.45) is 0.862. The maximum Gasteiger partial charge on any atom is 0.331 e. The molecule has 1 aromatic rings. The van der Waals surface area contributed by atoms with Gasteiger partial charge in [-0.25, -0.2) is 14.2 Å². The molecule has 0 saturated carbocycles. The third-order valence-electron chi connectivity index (χ3n) is 2.73. The molecule has 1 rings (SSSR count). The summed E-state index contributed by atoms with van der Waals surface area (Å²) in [5, 5.41) is 11.5. The molecule has 8 heteroatoms. The quantitative estimate of drug-likeness (QED) is 0.697. The number of carbonyl (C=O) groups is 1. The Morgan fingerprint density at radius 3 is 2.72 bits per heavy atom. The molecule has 1 atom stereocenters. The van der Waals surface area contributed by atoms with Crippen LogP contribution in [0.1, 0.15) is 13.8 Å². The van der Waals surface area contributed by atoms with Gasteiger partial charge in [-0.1, -0.05) is 25.4 Å². The van der Waals surface area contributed by atoms with Crippen molar-refractivity contribution in [3.8, 4) is 0 Å². The van der Waals surface area contributed by atoms with Gasteiger partial charge in [0.2, 0.25) is 5.95 Å². The zero-order valence-corrected chi connectivity index (χ0v) is 10.7. The number of carboxylic acids is 1. The van der Waals surface area contributed by atoms with Gasteiger partial charge in [-0.3, -0.25) is 0 Å². The fourth-order valence-electron chi connectivity index (χ4n) is 1.42. The minimum atomic E-state index is -1.43. The van der Waals surface area contributed by atoms with Gasteiger partial charge in [0.05, 0.1) is 6.20 Å². The highest BCUT2D eigenvalue weighted by Crippen LogP contribution is 2.22. The van der Waals surface area contributed by atoms with Crippen LogP contribution >= 0.6 is 11.6 Å². The molecule has 4 N–H and O–H groups in total. The Bertz CT molecular complexity index is 458. The first-order chi connectivity index (χ1) is 8.33. The van der Waals surface area contributed by atoms with E-state index in [1.807, 2.05) is 0 Å². The summed E-state index contributed by atoms with van der Waals surface area (Å²) in [6.45, 7) is 3.22. The number of halogens is 2. The average Bonchev–Trinajstić information content (AvgIpc) is 2.29. The standard InChI is InChI=1S/C10H14ClFN4O2/c1-5(2)10(4-13,8(17)18)16-9-14-3-6(12)7(11)15-9/h3,5H,4,13H2,1-2H3,(H,17,18)(H,14,15,16). The molecule has 0 aromatic carbocycles. The lowest BCUT2D eigenvalue weighted by molar-refractivity contribution is -0.143. The first-order valence-corrected chi connectivity index (χ1v) is 5.61. The van der Waals surface area contributed by atoms with E-state index < -0.39 is 17.3 Å². The fraction of sp³-hybridized carbons (Fsp3) is 0.500. The maximum atomic E-state index is 12.9. The summed E-state index contributed by atoms with van der Waals surface area (Å²) >= 11 is 5.50. The van der Waals surface area contributed by atoms with Gasteiger partial charge in [-0.2, -0.15) is 4.98 Å². The number of hydrogen-bond donors (Lipinski definition) is 3. The normalized spacial score (nSPS) is 14.3. The van der Waals surface area contributed by atoms with Crippen LogP contribution in [0.25, 0.3) is 0 Å². The molecule has 0 fully saturated rings. The summed E-state index contributed by atoms with van der Waals surface area (Å²) in [4.78, 5) is 18.6. The maximum absolute atomic E-state index is 12.9. The molecule has 0 spiro atoms. The van der Waals surface area contributed by atoms with E-state index in [0.29, 0.717) is 0 Å². The van der Waals surface area contributed by atoms with Gasteiger partial charge < -0.3 is 16.2 Å². The Morgan fingerprint density at radius 1 is 1.72 bits per heavy atom. The lowest BCUT2D eigenvalue weighted by Crippen LogP contribution is -2.56. The lowest BCUT2D eigenvalue weighted by Gasteiger charge is -2.32. The van der Waals surface area contributed by atoms with Crippen LogP contribution in [0.3, 0.4) is 0 Å². The molecule has 18 heavy (non-hydrogen) atoms. The second kappa shape index (κ2) is 5.45. The van der Waals surface area contributed by atoms with Crippen molar-refractivity contribution in [2.24, 2.45) is 11.7 Å². The van der Waals surface area contributed by atoms with Crippen molar-refractivity contribution in [2.45, 2.75) is 19.4 Å². The molecule has 0 aliphatic rings. The third kappa shape index (κ3) is 2.68. The molecular formula is C10H14ClFN4O2. The number of nitrogens with one attached hydrogen (secondary N) is 1. The second-order valence-corrected chi connectivity index (χ2v) is 4.45. The van der Waals surface area contributed by atoms with Crippen molar-refractivity contribution < 1.29 is 14.3 Å². The van der Waals surface area contributed by atoms with E-state index >= 15 is 0 Å². The number of hydrogen-bond acceptors (Lipinski definition) is 5. The Labute approximate surface area is 108 Å². The zero-order chi connectivity index (χ0) is 13.9. The smallest absolute Gasteiger partial charge is 0.331 e. The highest BCUT2D eigenvalue weighted by Gasteiger charge is 2.41. The monoisotopic (exact) mass is 276 g/mol. The minimum Gasteiger partial charge on any atom is -0.479 e. The number of aliphatic carboxylic acids is 1. The Morgan fingerprint density at radius 2 is 2.33 bits per heavy atom. The van der Waals surface area contributed by atoms with Crippen LogP contribution in [0.5, 0.6) is 0 Å². The predicted octanol–water partition coefficient (Wildman–Crippen LogP) is 1.12. The van der Waals surface area contributed by atoms with E-state index in [4.69, 9.17) is 17.3 Å². The van der Waals surface area contributed by atoms with Crippen molar-refractivity contribution in [1.82, 2.24) is 9.97 Å². The number of anilines is 1. The topological polar surface area (TPSA) is 101 Å². The molecule has 1 aromatic heterocycles. The summed E-state index contributed by atoms with van der Waals surface area (Å²) in [7, 11) is 0. The van der Waals surface area contributed by atoms with Crippen LogP contribution in [-0.4, -0.2) is 33.1 Å². The van der Waals surface area contributed by atoms with E-state index in [9.17, 15) is 14.3 Å². The Kier molecular flexibility index (Phi) is 4.42. The third-order valence-corrected chi connectivity index (χ3v) is 2.99. The molecule has 1 heterocycles. The molecule has 6 nitrogen and oxygen atoms in total. The lowest BCUT2D eigenvalue weighted by atomic mass is 9.86. The molecular weight excluding hydrogens is 263 g/mol. The molecule has 0 radical (unpaired) electrons. The van der Waals surface area contributed by atoms with Gasteiger partial charge in [-0.15, -0.1) is 0 Å². The number of carboxylic acid groups (broad SMARTS) is 1. The highest BCUT2D eigenvalue weighted by molar-refractivity contribution is 6.29. The van der Waals surface area contributed by atoms with Crippen LogP contribution in [0.2, 0.25) is 5.15 Å². The SMILES string of the molecule is CC(C)C(CN)(Nc1ncc(F)c(Cl)n1)C(=O)O. The Hall–Kier alpha value is -1.47. The first kappa shape index (κ1) is 14.6. The largest absolute Gasteiger partial charge is 0.479 e. The molecule has 0 amide bonds. The van der Waals surface area contributed by atoms with Crippen molar-refractivity contribution in [3.05, 3.63) is 17.2 Å². The van der Waals surface area contributed by atoms with Crippen molar-refractivity contribution in [2.75, 3.05) is 11.9 Å². The van der Waals surface area contributed by atoms with Gasteiger partial charge in [0, 0.05) is 6.54 Å². The molecule has 0 saturated heterocycles. The van der Waals surface area contributed by atoms with Crippen molar-refractivity contribution >= 4 is 23.5 Å². The van der Waals surface area contributed by atoms with Gasteiger partial charge in [0.1, 0.15) is 0 Å². The molecule has 0 bridgehead atoms. The number of nitrogens with two attached hydrogens (primary N) is 1. The van der Waals surface area contributed by atoms with E-state index in [-0.39, 0.29) is 23.6 Å². The summed E-state index contributed by atoms with van der Waals surface area (Å²) in [6, 6.07) is 0. The molecule has 0 aliphatic carbocycles. The van der Waals surface area contributed by atoms with E-state index in [2.05, 4.69) is 15.3 Å². The number of nitrogens with zero attached hydrogens (tertiary/aromatic N) is 2. The fourth-order valence-corrected chi connectivity index (χ4v) is 1.55. The van der Waals surface area contributed by atoms with Gasteiger partial charge in [0.25, 0.3) is 0 Å². The molecule has 1 unspecified atom stereocenters. The van der Waals surface area contributed by atoms with Gasteiger partial charge in [0.15, 0.2) is 16.5 Å². The first-order valence-electron chi connectivity index (χ1n) is 5.23. The van der Waals surface area contributed by atoms with Crippen LogP contribution in [0.15, 0.2) is 6.20 Å². The summed E-state index contributed by atoms with van der Waals surface area (Å²) in [5.41, 5.74) is 4.09. The predicted molar refractivity (Wildman–Crippen MR) is 64.9 cm³/mol. The summed E-state index contributed by atoms with van der Waals surface area (Å²) < 4.78 is 12.9. The van der Waals surface area contributed by atoms with E-state index in [1.54, 1.807) is 13.8 Å².